The van der Waals surface area contributed by atoms with Gasteiger partial charge in [0, 0.05) is 81.1 Å². The summed E-state index contributed by atoms with van der Waals surface area (Å²) < 4.78 is 10.0. The second-order valence-corrected chi connectivity index (χ2v) is 27.8. The van der Waals surface area contributed by atoms with Crippen LogP contribution in [0.5, 0.6) is 0 Å². The van der Waals surface area contributed by atoms with Gasteiger partial charge in [0.05, 0.1) is 120 Å². The molecule has 0 radical (unpaired) electrons. The van der Waals surface area contributed by atoms with Crippen LogP contribution in [0.4, 0.5) is 0 Å². The molecule has 0 aliphatic carbocycles. The van der Waals surface area contributed by atoms with E-state index in [0.29, 0.717) is 64.9 Å². The van der Waals surface area contributed by atoms with Gasteiger partial charge in [0.15, 0.2) is 0 Å². The van der Waals surface area contributed by atoms with Crippen molar-refractivity contribution in [3.8, 4) is 17.1 Å². The predicted octanol–water partition coefficient (Wildman–Crippen LogP) is 7.90. The summed E-state index contributed by atoms with van der Waals surface area (Å²) in [7, 11) is 0. The summed E-state index contributed by atoms with van der Waals surface area (Å²) in [5.74, 6) is -0.00387. The number of hydrogen-bond donors (Lipinski definition) is 2. The van der Waals surface area contributed by atoms with E-state index in [0.717, 1.165) is 76.5 Å². The minimum absolute atomic E-state index is 0. The topological polar surface area (TPSA) is 268 Å². The summed E-state index contributed by atoms with van der Waals surface area (Å²) in [6.07, 6.45) is 22.8. The maximum Gasteiger partial charge on any atom is 2.00 e. The molecule has 96 heavy (non-hydrogen) atoms. The molecule has 6 aromatic heterocycles. The van der Waals surface area contributed by atoms with Crippen LogP contribution in [-0.4, -0.2) is 189 Å². The van der Waals surface area contributed by atoms with Gasteiger partial charge in [-0.15, -0.1) is 34.0 Å². The molecule has 23 nitrogen and oxygen atoms in total. The smallest absolute Gasteiger partial charge is 1.00 e. The van der Waals surface area contributed by atoms with E-state index in [1.54, 1.807) is 96.5 Å². The number of para-hydroxylation sites is 3. The number of ether oxygens (including phenoxy) is 2. The van der Waals surface area contributed by atoms with Crippen LogP contribution in [0.2, 0.25) is 0 Å². The molecule has 0 bridgehead atoms. The number of amides is 3. The zero-order valence-corrected chi connectivity index (χ0v) is 61.3. The first-order valence-corrected chi connectivity index (χ1v) is 34.1. The average Bonchev–Trinajstić information content (AvgIpc) is 0.851. The monoisotopic (exact) mass is 1440 g/mol. The van der Waals surface area contributed by atoms with Gasteiger partial charge in [-0.25, -0.2) is 19.7 Å². The maximum atomic E-state index is 13.5. The van der Waals surface area contributed by atoms with Crippen LogP contribution in [-0.2, 0) is 20.7 Å². The Bertz CT molecular complexity index is 3740. The number of thiazole rings is 3. The minimum atomic E-state index is -0.900. The van der Waals surface area contributed by atoms with Gasteiger partial charge < -0.3 is 58.8 Å². The van der Waals surface area contributed by atoms with Crippen LogP contribution >= 0.6 is 34.0 Å². The van der Waals surface area contributed by atoms with E-state index < -0.39 is 11.2 Å². The number of carbonyl (C=O) groups excluding carboxylic acids is 4. The Labute approximate surface area is 599 Å². The van der Waals surface area contributed by atoms with Crippen LogP contribution in [0.25, 0.3) is 17.1 Å². The maximum absolute atomic E-state index is 13.5. The van der Waals surface area contributed by atoms with Gasteiger partial charge in [-0.2, -0.15) is 45.0 Å². The SMILES string of the molecule is C1CCOC1.CCOC(=O)c1cnc(C2CC[C@@H](C)N(C(=O)c3ccccc3-n3nccn3)C2)s1.C[C@@H]1CC[C@@H](c2ncc(C(C)(C)O)s2)CN1C(=O)c1ccccc1-n1nccn1.C[C@@H]1CC[C@H](c2ncc(C(C)(C)O)s2)CN1C(=O)c1ccccc1-n1nccn1.[Br-].[CH3-].[Mg+2]. The molecule has 0 saturated carbocycles. The molecule has 13 rings (SSSR count). The Balaban J connectivity index is 0.000000193. The van der Waals surface area contributed by atoms with Crippen molar-refractivity contribution < 1.29 is 55.8 Å². The zero-order chi connectivity index (χ0) is 65.8. The molecule has 9 aromatic rings. The third-order valence-electron chi connectivity index (χ3n) is 16.9. The van der Waals surface area contributed by atoms with Gasteiger partial charge in [0.1, 0.15) is 4.88 Å². The molecular formula is C68H84BrMgN15O8S3. The molecule has 4 saturated heterocycles. The number of piperidine rings is 3. The first-order valence-electron chi connectivity index (χ1n) is 31.6. The summed E-state index contributed by atoms with van der Waals surface area (Å²) >= 11 is 4.42. The molecule has 4 aliphatic heterocycles. The van der Waals surface area contributed by atoms with Crippen LogP contribution in [0.1, 0.15) is 190 Å². The van der Waals surface area contributed by atoms with E-state index in [1.807, 2.05) is 81.4 Å². The molecule has 28 heteroatoms. The van der Waals surface area contributed by atoms with Gasteiger partial charge >= 0.3 is 29.0 Å². The second kappa shape index (κ2) is 35.0. The predicted molar refractivity (Wildman–Crippen MR) is 367 cm³/mol. The van der Waals surface area contributed by atoms with E-state index in [1.165, 1.54) is 61.2 Å². The number of benzene rings is 3. The average molecular weight is 1440 g/mol. The molecule has 2 N–H and O–H groups in total. The molecule has 506 valence electrons. The Morgan fingerprint density at radius 3 is 1.11 bits per heavy atom. The first kappa shape index (κ1) is 76.3. The Hall–Kier alpha value is -7.02. The number of likely N-dealkylation sites (tertiary alicyclic amines) is 3. The Morgan fingerprint density at radius 1 is 0.510 bits per heavy atom. The van der Waals surface area contributed by atoms with Crippen molar-refractivity contribution in [3.63, 3.8) is 0 Å². The third kappa shape index (κ3) is 18.8. The van der Waals surface area contributed by atoms with Crippen LogP contribution < -0.4 is 17.0 Å². The molecule has 10 heterocycles. The van der Waals surface area contributed by atoms with E-state index in [9.17, 15) is 29.4 Å². The Kier molecular flexibility index (Phi) is 27.8. The number of aliphatic hydroxyl groups is 2. The zero-order valence-electron chi connectivity index (χ0n) is 55.8. The molecule has 3 amide bonds. The third-order valence-corrected chi connectivity index (χ3v) is 20.9. The molecular weight excluding hydrogens is 1360 g/mol. The number of nitrogens with zero attached hydrogens (tertiary/aromatic N) is 15. The quantitative estimate of drug-likeness (QED) is 0.0631. The van der Waals surface area contributed by atoms with Crippen molar-refractivity contribution in [2.24, 2.45) is 0 Å². The second-order valence-electron chi connectivity index (χ2n) is 24.6. The molecule has 0 spiro atoms. The largest absolute Gasteiger partial charge is 2.00 e. The summed E-state index contributed by atoms with van der Waals surface area (Å²) in [4.78, 5) is 78.3. The molecule has 3 aromatic carbocycles. The molecule has 4 aliphatic rings. The van der Waals surface area contributed by atoms with E-state index in [2.05, 4.69) is 66.3 Å². The standard InChI is InChI=1S/C21H23N5O3S.2C21H25N5O2S.C4H8O.CH3.BrH.Mg/c1-3-29-21(28)18-12-22-19(30-18)15-9-8-14(2)25(13-15)20(27)16-6-4-5-7-17(16)26-23-10-11-24-26;2*1-14-8-9-15(19-22-12-18(29-19)21(2,3)28)13-25(14)20(27)16-6-4-5-7-17(16)26-23-10-11-24-26;1-2-4-5-3-1;;;/h4-7,10-12,14-15H,3,8-9,13H2,1-2H3;2*4-7,10-12,14-15,28H,8-9,13H2,1-3H3;1-4H2;1H3;1H;/q;;;;-1;;+2/p-1/t14-,15?;14-,15+;14-,15-;;;;/m111..../s1. The van der Waals surface area contributed by atoms with Crippen molar-refractivity contribution in [2.45, 2.75) is 154 Å². The Morgan fingerprint density at radius 2 is 0.823 bits per heavy atom. The van der Waals surface area contributed by atoms with Gasteiger partial charge in [-0.05, 0) is 143 Å². The van der Waals surface area contributed by atoms with Crippen molar-refractivity contribution in [2.75, 3.05) is 39.5 Å². The van der Waals surface area contributed by atoms with Crippen molar-refractivity contribution in [1.29, 1.82) is 0 Å². The fourth-order valence-corrected chi connectivity index (χ4v) is 14.6. The van der Waals surface area contributed by atoms with Gasteiger partial charge in [-0.1, -0.05) is 36.4 Å². The van der Waals surface area contributed by atoms with Gasteiger partial charge in [-0.3, -0.25) is 14.4 Å². The summed E-state index contributed by atoms with van der Waals surface area (Å²) in [5, 5.41) is 48.4. The number of halogens is 1. The number of carbonyl (C=O) groups is 4. The summed E-state index contributed by atoms with van der Waals surface area (Å²) in [6, 6.07) is 22.6. The van der Waals surface area contributed by atoms with Crippen molar-refractivity contribution >= 4 is 80.8 Å². The fourth-order valence-electron chi connectivity index (χ4n) is 11.5. The fraction of sp³-hybridized carbons (Fsp3) is 0.441. The van der Waals surface area contributed by atoms with Gasteiger partial charge in [0.25, 0.3) is 17.7 Å². The minimum Gasteiger partial charge on any atom is -1.00 e. The van der Waals surface area contributed by atoms with Crippen LogP contribution in [0, 0.1) is 7.43 Å². The summed E-state index contributed by atoms with van der Waals surface area (Å²) in [6.45, 7) is 19.2. The van der Waals surface area contributed by atoms with Crippen LogP contribution in [0.15, 0.2) is 129 Å². The first-order chi connectivity index (χ1) is 44.8. The number of hydrogen-bond acceptors (Lipinski definition) is 20. The normalized spacial score (nSPS) is 19.3. The van der Waals surface area contributed by atoms with Crippen LogP contribution in [0.3, 0.4) is 0 Å². The molecule has 6 atom stereocenters. The molecule has 1 unspecified atom stereocenters. The van der Waals surface area contributed by atoms with Gasteiger partial charge in [0.2, 0.25) is 0 Å². The van der Waals surface area contributed by atoms with E-state index in [4.69, 9.17) is 9.47 Å². The summed E-state index contributed by atoms with van der Waals surface area (Å²) in [5.41, 5.74) is 1.95. The van der Waals surface area contributed by atoms with E-state index >= 15 is 0 Å². The number of aromatic nitrogens is 12. The van der Waals surface area contributed by atoms with Crippen molar-refractivity contribution in [1.82, 2.24) is 74.6 Å². The number of rotatable bonds is 13. The van der Waals surface area contributed by atoms with Crippen molar-refractivity contribution in [3.05, 3.63) is 182 Å². The number of esters is 1. The van der Waals surface area contributed by atoms with E-state index in [-0.39, 0.29) is 107 Å². The molecule has 4 fully saturated rings.